The fourth-order valence-corrected chi connectivity index (χ4v) is 4.02. The molecule has 1 heterocycles. The van der Waals surface area contributed by atoms with Gasteiger partial charge < -0.3 is 14.8 Å². The number of rotatable bonds is 9. The van der Waals surface area contributed by atoms with Crippen LogP contribution in [0.4, 0.5) is 13.6 Å². The number of nitrogens with zero attached hydrogens (tertiary/aromatic N) is 1. The van der Waals surface area contributed by atoms with Gasteiger partial charge in [-0.1, -0.05) is 13.8 Å². The minimum absolute atomic E-state index is 0.0100. The molecule has 1 aliphatic carbocycles. The quantitative estimate of drug-likeness (QED) is 0.392. The molecule has 188 valence electrons. The van der Waals surface area contributed by atoms with Crippen molar-refractivity contribution in [2.24, 2.45) is 17.8 Å². The van der Waals surface area contributed by atoms with Gasteiger partial charge in [0.1, 0.15) is 0 Å². The number of methoxy groups -OCH3 is 1. The van der Waals surface area contributed by atoms with Crippen LogP contribution in [0.15, 0.2) is 0 Å². The van der Waals surface area contributed by atoms with E-state index in [0.29, 0.717) is 19.4 Å². The summed E-state index contributed by atoms with van der Waals surface area (Å²) in [6, 6.07) is -1.20. The van der Waals surface area contributed by atoms with Crippen molar-refractivity contribution >= 4 is 23.9 Å². The van der Waals surface area contributed by atoms with E-state index in [-0.39, 0.29) is 62.9 Å². The van der Waals surface area contributed by atoms with Crippen LogP contribution in [-0.4, -0.2) is 61.1 Å². The summed E-state index contributed by atoms with van der Waals surface area (Å²) in [5, 5.41) is 3.58. The SMILES string of the molecule is COC(=O)[C@H](C[C@@H]1CCNC1=O)N(NC(=O)OCC1CCC(F)(F)CC1)C(=O)CCC(C)C. The van der Waals surface area contributed by atoms with E-state index in [0.717, 1.165) is 12.1 Å². The highest BCUT2D eigenvalue weighted by molar-refractivity contribution is 5.87. The minimum atomic E-state index is -2.68. The fraction of sp³-hybridized carbons (Fsp3) is 0.818. The molecule has 1 saturated carbocycles. The van der Waals surface area contributed by atoms with Gasteiger partial charge in [-0.2, -0.15) is 0 Å². The summed E-state index contributed by atoms with van der Waals surface area (Å²) in [7, 11) is 1.16. The number of esters is 1. The Morgan fingerprint density at radius 1 is 1.21 bits per heavy atom. The van der Waals surface area contributed by atoms with Crippen LogP contribution in [0.5, 0.6) is 0 Å². The lowest BCUT2D eigenvalue weighted by molar-refractivity contribution is -0.156. The number of hydrogen-bond donors (Lipinski definition) is 2. The normalized spacial score (nSPS) is 21.3. The molecule has 1 aliphatic heterocycles. The highest BCUT2D eigenvalue weighted by Crippen LogP contribution is 2.36. The summed E-state index contributed by atoms with van der Waals surface area (Å²) in [6.07, 6.45) is 0.0843. The Kier molecular flexibility index (Phi) is 9.85. The summed E-state index contributed by atoms with van der Waals surface area (Å²) >= 11 is 0. The van der Waals surface area contributed by atoms with Gasteiger partial charge in [0.25, 0.3) is 0 Å². The third-order valence-corrected chi connectivity index (χ3v) is 6.16. The van der Waals surface area contributed by atoms with E-state index in [1.54, 1.807) is 0 Å². The molecule has 1 saturated heterocycles. The lowest BCUT2D eigenvalue weighted by Gasteiger charge is -2.31. The van der Waals surface area contributed by atoms with Crippen molar-refractivity contribution in [1.29, 1.82) is 0 Å². The first-order valence-corrected chi connectivity index (χ1v) is 11.5. The van der Waals surface area contributed by atoms with Crippen molar-refractivity contribution < 1.29 is 37.4 Å². The van der Waals surface area contributed by atoms with Crippen LogP contribution in [0.3, 0.4) is 0 Å². The molecule has 0 aromatic heterocycles. The van der Waals surface area contributed by atoms with Crippen LogP contribution in [0.1, 0.15) is 65.2 Å². The van der Waals surface area contributed by atoms with Gasteiger partial charge in [0.05, 0.1) is 13.7 Å². The summed E-state index contributed by atoms with van der Waals surface area (Å²) in [6.45, 7) is 4.28. The van der Waals surface area contributed by atoms with E-state index in [1.165, 1.54) is 0 Å². The first-order chi connectivity index (χ1) is 15.5. The van der Waals surface area contributed by atoms with Gasteiger partial charge in [-0.05, 0) is 43.9 Å². The lowest BCUT2D eigenvalue weighted by Crippen LogP contribution is -2.56. The molecule has 2 N–H and O–H groups in total. The summed E-state index contributed by atoms with van der Waals surface area (Å²) in [5.41, 5.74) is 2.34. The molecule has 2 atom stereocenters. The van der Waals surface area contributed by atoms with Gasteiger partial charge >= 0.3 is 12.1 Å². The van der Waals surface area contributed by atoms with Gasteiger partial charge in [0, 0.05) is 31.7 Å². The van der Waals surface area contributed by atoms with Crippen LogP contribution in [-0.2, 0) is 23.9 Å². The molecule has 2 rings (SSSR count). The molecule has 0 bridgehead atoms. The van der Waals surface area contributed by atoms with E-state index in [4.69, 9.17) is 9.47 Å². The van der Waals surface area contributed by atoms with Gasteiger partial charge in [0.2, 0.25) is 17.7 Å². The average molecular weight is 476 g/mol. The monoisotopic (exact) mass is 475 g/mol. The van der Waals surface area contributed by atoms with Crippen molar-refractivity contribution in [3.05, 3.63) is 0 Å². The number of alkyl halides is 2. The van der Waals surface area contributed by atoms with E-state index in [2.05, 4.69) is 10.7 Å². The molecule has 3 amide bonds. The van der Waals surface area contributed by atoms with E-state index in [9.17, 15) is 28.0 Å². The standard InChI is InChI=1S/C22H35F2N3O6/c1-14(2)4-5-18(28)27(17(20(30)32-3)12-16-8-11-25-19(16)29)26-21(31)33-13-15-6-9-22(23,24)10-7-15/h14-17H,4-13H2,1-3H3,(H,25,29)(H,26,31)/t16-,17-/m0/s1. The lowest BCUT2D eigenvalue weighted by atomic mass is 9.87. The molecular weight excluding hydrogens is 440 g/mol. The zero-order valence-electron chi connectivity index (χ0n) is 19.5. The van der Waals surface area contributed by atoms with Crippen LogP contribution < -0.4 is 10.7 Å². The zero-order valence-corrected chi connectivity index (χ0v) is 19.5. The Balaban J connectivity index is 2.06. The Hall–Kier alpha value is -2.46. The Labute approximate surface area is 192 Å². The minimum Gasteiger partial charge on any atom is -0.467 e. The highest BCUT2D eigenvalue weighted by Gasteiger charge is 2.38. The Morgan fingerprint density at radius 3 is 2.42 bits per heavy atom. The molecule has 11 heteroatoms. The summed E-state index contributed by atoms with van der Waals surface area (Å²) in [4.78, 5) is 50.0. The number of carbonyl (C=O) groups excluding carboxylic acids is 4. The first-order valence-electron chi connectivity index (χ1n) is 11.5. The van der Waals surface area contributed by atoms with Crippen molar-refractivity contribution in [3.63, 3.8) is 0 Å². The van der Waals surface area contributed by atoms with Crippen molar-refractivity contribution in [3.8, 4) is 0 Å². The third kappa shape index (κ3) is 8.43. The highest BCUT2D eigenvalue weighted by atomic mass is 19.3. The Bertz CT molecular complexity index is 708. The summed E-state index contributed by atoms with van der Waals surface area (Å²) < 4.78 is 36.7. The number of ether oxygens (including phenoxy) is 2. The molecule has 0 aromatic carbocycles. The largest absolute Gasteiger partial charge is 0.467 e. The maximum atomic E-state index is 13.3. The van der Waals surface area contributed by atoms with Crippen molar-refractivity contribution in [2.45, 2.75) is 77.2 Å². The van der Waals surface area contributed by atoms with Crippen LogP contribution in [0, 0.1) is 17.8 Å². The number of hydrazine groups is 1. The molecule has 33 heavy (non-hydrogen) atoms. The second-order valence-electron chi connectivity index (χ2n) is 9.26. The van der Waals surface area contributed by atoms with Crippen molar-refractivity contribution in [1.82, 2.24) is 15.8 Å². The van der Waals surface area contributed by atoms with E-state index < -0.39 is 35.9 Å². The number of halogens is 2. The van der Waals surface area contributed by atoms with Crippen molar-refractivity contribution in [2.75, 3.05) is 20.3 Å². The van der Waals surface area contributed by atoms with E-state index in [1.807, 2.05) is 13.8 Å². The number of hydrogen-bond acceptors (Lipinski definition) is 6. The molecule has 0 unspecified atom stereocenters. The molecule has 2 fully saturated rings. The second kappa shape index (κ2) is 12.1. The second-order valence-corrected chi connectivity index (χ2v) is 9.26. The molecule has 0 aromatic rings. The van der Waals surface area contributed by atoms with E-state index >= 15 is 0 Å². The topological polar surface area (TPSA) is 114 Å². The predicted molar refractivity (Wildman–Crippen MR) is 114 cm³/mol. The van der Waals surface area contributed by atoms with Gasteiger partial charge in [0.15, 0.2) is 6.04 Å². The maximum Gasteiger partial charge on any atom is 0.426 e. The number of amides is 3. The van der Waals surface area contributed by atoms with Crippen LogP contribution in [0.25, 0.3) is 0 Å². The Morgan fingerprint density at radius 2 is 1.88 bits per heavy atom. The van der Waals surface area contributed by atoms with Crippen LogP contribution >= 0.6 is 0 Å². The molecular formula is C22H35F2N3O6. The van der Waals surface area contributed by atoms with Gasteiger partial charge in [-0.25, -0.2) is 28.8 Å². The fourth-order valence-electron chi connectivity index (χ4n) is 4.02. The molecule has 2 aliphatic rings. The maximum absolute atomic E-state index is 13.3. The predicted octanol–water partition coefficient (Wildman–Crippen LogP) is 2.79. The molecule has 0 radical (unpaired) electrons. The molecule has 0 spiro atoms. The first kappa shape index (κ1) is 26.8. The average Bonchev–Trinajstić information content (AvgIpc) is 3.17. The summed E-state index contributed by atoms with van der Waals surface area (Å²) in [5.74, 6) is -4.66. The van der Waals surface area contributed by atoms with Gasteiger partial charge in [-0.3, -0.25) is 9.59 Å². The van der Waals surface area contributed by atoms with Crippen LogP contribution in [0.2, 0.25) is 0 Å². The smallest absolute Gasteiger partial charge is 0.426 e. The number of carbonyl (C=O) groups is 4. The number of nitrogens with one attached hydrogen (secondary N) is 2. The zero-order chi connectivity index (χ0) is 24.6. The van der Waals surface area contributed by atoms with Gasteiger partial charge in [-0.15, -0.1) is 0 Å². The molecule has 9 nitrogen and oxygen atoms in total. The third-order valence-electron chi connectivity index (χ3n) is 6.16.